The summed E-state index contributed by atoms with van der Waals surface area (Å²) >= 11 is 0. The van der Waals surface area contributed by atoms with Crippen molar-refractivity contribution in [3.05, 3.63) is 269 Å². The van der Waals surface area contributed by atoms with E-state index >= 15 is 0 Å². The SMILES string of the molecule is C=CC1=C(c2ccccc2C)Oc2c(ccc3ccccc23)C12c1ccccc1-c1ccc(N(c3ccc(-c4ccc5oc6ccccc6c5c4)cc3)c3cccc4c3-c3ccccc3C4(C)C)cc12. The molecule has 1 atom stereocenters. The minimum Gasteiger partial charge on any atom is -0.456 e. The highest BCUT2D eigenvalue weighted by atomic mass is 16.5. The van der Waals surface area contributed by atoms with E-state index in [0.717, 1.165) is 94.7 Å². The summed E-state index contributed by atoms with van der Waals surface area (Å²) in [5.41, 5.74) is 20.8. The second-order valence-electron chi connectivity index (χ2n) is 19.6. The maximum atomic E-state index is 7.33. The van der Waals surface area contributed by atoms with Gasteiger partial charge in [0.2, 0.25) is 0 Å². The average molecular weight is 898 g/mol. The molecule has 3 heteroatoms. The topological polar surface area (TPSA) is 25.6 Å². The van der Waals surface area contributed by atoms with Gasteiger partial charge in [-0.25, -0.2) is 0 Å². The quantitative estimate of drug-likeness (QED) is 0.166. The van der Waals surface area contributed by atoms with Crippen molar-refractivity contribution in [3.63, 3.8) is 0 Å². The summed E-state index contributed by atoms with van der Waals surface area (Å²) < 4.78 is 13.6. The summed E-state index contributed by atoms with van der Waals surface area (Å²) in [6, 6.07) is 77.6. The van der Waals surface area contributed by atoms with E-state index in [1.807, 2.05) is 12.1 Å². The van der Waals surface area contributed by atoms with Crippen LogP contribution in [0.25, 0.3) is 71.9 Å². The lowest BCUT2D eigenvalue weighted by atomic mass is 9.64. The van der Waals surface area contributed by atoms with Crippen molar-refractivity contribution in [2.24, 2.45) is 0 Å². The molecule has 1 aliphatic heterocycles. The lowest BCUT2D eigenvalue weighted by Crippen LogP contribution is -2.34. The molecular weight excluding hydrogens is 851 g/mol. The van der Waals surface area contributed by atoms with Crippen LogP contribution in [0.1, 0.15) is 52.8 Å². The average Bonchev–Trinajstić information content (AvgIpc) is 4.00. The summed E-state index contributed by atoms with van der Waals surface area (Å²) in [7, 11) is 0. The fourth-order valence-corrected chi connectivity index (χ4v) is 12.4. The van der Waals surface area contributed by atoms with E-state index in [4.69, 9.17) is 9.15 Å². The minimum absolute atomic E-state index is 0.179. The number of allylic oxidation sites excluding steroid dienone is 2. The first-order chi connectivity index (χ1) is 34.3. The van der Waals surface area contributed by atoms with Gasteiger partial charge >= 0.3 is 0 Å². The Bertz CT molecular complexity index is 4050. The number of ether oxygens (including phenoxy) is 1. The molecule has 2 heterocycles. The van der Waals surface area contributed by atoms with Gasteiger partial charge < -0.3 is 14.1 Å². The fourth-order valence-electron chi connectivity index (χ4n) is 12.4. The van der Waals surface area contributed by atoms with Gasteiger partial charge in [-0.15, -0.1) is 0 Å². The van der Waals surface area contributed by atoms with Gasteiger partial charge in [-0.3, -0.25) is 0 Å². The number of aryl methyl sites for hydroxylation is 1. The highest BCUT2D eigenvalue weighted by molar-refractivity contribution is 6.06. The summed E-state index contributed by atoms with van der Waals surface area (Å²) in [5.74, 6) is 1.71. The molecule has 11 aromatic rings. The van der Waals surface area contributed by atoms with Crippen LogP contribution in [0.5, 0.6) is 5.75 Å². The highest BCUT2D eigenvalue weighted by Crippen LogP contribution is 2.64. The summed E-state index contributed by atoms with van der Waals surface area (Å²) in [6.07, 6.45) is 2.06. The zero-order valence-electron chi connectivity index (χ0n) is 39.3. The Morgan fingerprint density at radius 1 is 0.471 bits per heavy atom. The van der Waals surface area contributed by atoms with Crippen LogP contribution in [-0.2, 0) is 10.8 Å². The number of hydrogen-bond donors (Lipinski definition) is 0. The van der Waals surface area contributed by atoms with Crippen molar-refractivity contribution in [1.29, 1.82) is 0 Å². The molecule has 3 aliphatic rings. The maximum Gasteiger partial charge on any atom is 0.140 e. The Labute approximate surface area is 407 Å². The number of anilines is 3. The summed E-state index contributed by atoms with van der Waals surface area (Å²) in [5, 5.41) is 4.46. The predicted molar refractivity (Wildman–Crippen MR) is 290 cm³/mol. The molecule has 332 valence electrons. The summed E-state index contributed by atoms with van der Waals surface area (Å²) in [4.78, 5) is 2.49. The minimum atomic E-state index is -0.766. The monoisotopic (exact) mass is 897 g/mol. The number of hydrogen-bond acceptors (Lipinski definition) is 3. The Hall–Kier alpha value is -8.66. The van der Waals surface area contributed by atoms with Crippen LogP contribution in [0.15, 0.2) is 235 Å². The molecule has 0 bridgehead atoms. The third kappa shape index (κ3) is 5.52. The molecule has 0 fully saturated rings. The van der Waals surface area contributed by atoms with Crippen molar-refractivity contribution < 1.29 is 9.15 Å². The number of benzene rings is 10. The van der Waals surface area contributed by atoms with Gasteiger partial charge in [0.1, 0.15) is 22.7 Å². The van der Waals surface area contributed by atoms with E-state index in [1.54, 1.807) is 0 Å². The third-order valence-corrected chi connectivity index (χ3v) is 15.7. The first-order valence-electron chi connectivity index (χ1n) is 24.3. The van der Waals surface area contributed by atoms with Gasteiger partial charge in [0.25, 0.3) is 0 Å². The Kier molecular flexibility index (Phi) is 8.61. The lowest BCUT2D eigenvalue weighted by molar-refractivity contribution is 0.475. The molecule has 1 aromatic heterocycles. The maximum absolute atomic E-state index is 7.33. The van der Waals surface area contributed by atoms with E-state index in [9.17, 15) is 0 Å². The smallest absolute Gasteiger partial charge is 0.140 e. The van der Waals surface area contributed by atoms with Crippen LogP contribution >= 0.6 is 0 Å². The molecule has 0 saturated heterocycles. The van der Waals surface area contributed by atoms with E-state index in [0.29, 0.717) is 0 Å². The normalized spacial score (nSPS) is 15.9. The first kappa shape index (κ1) is 40.4. The van der Waals surface area contributed by atoms with Crippen LogP contribution in [0.4, 0.5) is 17.1 Å². The molecular formula is C67H47NO2. The van der Waals surface area contributed by atoms with E-state index in [2.05, 4.69) is 239 Å². The zero-order valence-corrected chi connectivity index (χ0v) is 39.3. The number of para-hydroxylation sites is 1. The molecule has 70 heavy (non-hydrogen) atoms. The van der Waals surface area contributed by atoms with Crippen molar-refractivity contribution in [1.82, 2.24) is 0 Å². The standard InChI is InChI=1S/C67H47NO2/c1-5-54-64(47-19-8-6-17-41(47)2)70-65-48-20-9-7-18-43(48)31-37-58(65)67(54)56-25-14-10-21-49(56)50-36-35-46(40-59(50)67)68(60-27-16-26-57-63(60)52-23-11-13-24-55(52)66(57,3)4)45-33-29-42(30-34-45)44-32-38-62-53(39-44)51-22-12-15-28-61(51)69-62/h5-40H,1H2,2-4H3. The lowest BCUT2D eigenvalue weighted by Gasteiger charge is -2.41. The number of nitrogens with zero attached hydrogens (tertiary/aromatic N) is 1. The first-order valence-corrected chi connectivity index (χ1v) is 24.3. The molecule has 2 aliphatic carbocycles. The Morgan fingerprint density at radius 3 is 1.96 bits per heavy atom. The molecule has 0 amide bonds. The predicted octanol–water partition coefficient (Wildman–Crippen LogP) is 17.8. The number of rotatable bonds is 6. The van der Waals surface area contributed by atoms with E-state index in [-0.39, 0.29) is 5.41 Å². The van der Waals surface area contributed by atoms with Gasteiger partial charge in [-0.05, 0) is 116 Å². The second kappa shape index (κ2) is 14.9. The third-order valence-electron chi connectivity index (χ3n) is 15.7. The van der Waals surface area contributed by atoms with Gasteiger partial charge in [-0.1, -0.05) is 190 Å². The highest BCUT2D eigenvalue weighted by Gasteiger charge is 2.52. The summed E-state index contributed by atoms with van der Waals surface area (Å²) in [6.45, 7) is 11.5. The number of furan rings is 1. The van der Waals surface area contributed by atoms with Crippen molar-refractivity contribution in [2.45, 2.75) is 31.6 Å². The van der Waals surface area contributed by atoms with Crippen molar-refractivity contribution >= 4 is 55.5 Å². The van der Waals surface area contributed by atoms with Crippen LogP contribution < -0.4 is 9.64 Å². The largest absolute Gasteiger partial charge is 0.456 e. The Balaban J connectivity index is 1.03. The van der Waals surface area contributed by atoms with Crippen LogP contribution in [0, 0.1) is 6.92 Å². The van der Waals surface area contributed by atoms with Gasteiger partial charge in [0, 0.05) is 55.2 Å². The fraction of sp³-hybridized carbons (Fsp3) is 0.0746. The van der Waals surface area contributed by atoms with Gasteiger partial charge in [0.15, 0.2) is 0 Å². The molecule has 10 aromatic carbocycles. The second-order valence-corrected chi connectivity index (χ2v) is 19.6. The Morgan fingerprint density at radius 2 is 1.13 bits per heavy atom. The van der Waals surface area contributed by atoms with E-state index in [1.165, 1.54) is 44.5 Å². The van der Waals surface area contributed by atoms with E-state index < -0.39 is 5.41 Å². The molecule has 1 spiro atoms. The van der Waals surface area contributed by atoms with Crippen molar-refractivity contribution in [2.75, 3.05) is 4.90 Å². The van der Waals surface area contributed by atoms with Crippen LogP contribution in [0.2, 0.25) is 0 Å². The number of fused-ring (bicyclic) bond motifs is 15. The molecule has 0 N–H and O–H groups in total. The van der Waals surface area contributed by atoms with Gasteiger partial charge in [-0.2, -0.15) is 0 Å². The molecule has 1 unspecified atom stereocenters. The molecule has 0 radical (unpaired) electrons. The van der Waals surface area contributed by atoms with Crippen LogP contribution in [-0.4, -0.2) is 0 Å². The molecule has 0 saturated carbocycles. The van der Waals surface area contributed by atoms with Crippen LogP contribution in [0.3, 0.4) is 0 Å². The molecule has 14 rings (SSSR count). The molecule has 3 nitrogen and oxygen atoms in total. The zero-order chi connectivity index (χ0) is 46.9. The van der Waals surface area contributed by atoms with Gasteiger partial charge in [0.05, 0.1) is 11.1 Å². The van der Waals surface area contributed by atoms with Crippen molar-refractivity contribution in [3.8, 4) is 39.1 Å².